The SMILES string of the molecule is COc1cccc(-n2nnc3c(N4CCN(S(=O)(=O)c5cccc(C(F)(F)F)c5)CC4)ncnc32)c1. The van der Waals surface area contributed by atoms with Gasteiger partial charge < -0.3 is 9.64 Å². The topological polar surface area (TPSA) is 106 Å². The third-order valence-electron chi connectivity index (χ3n) is 5.85. The number of rotatable bonds is 5. The molecule has 0 N–H and O–H groups in total. The van der Waals surface area contributed by atoms with Crippen LogP contribution in [0.4, 0.5) is 19.0 Å². The van der Waals surface area contributed by atoms with Crippen LogP contribution in [-0.2, 0) is 16.2 Å². The maximum Gasteiger partial charge on any atom is 0.416 e. The number of hydrogen-bond acceptors (Lipinski definition) is 8. The maximum atomic E-state index is 13.1. The molecule has 5 rings (SSSR count). The van der Waals surface area contributed by atoms with Crippen molar-refractivity contribution in [3.8, 4) is 11.4 Å². The number of halogens is 3. The summed E-state index contributed by atoms with van der Waals surface area (Å²) in [7, 11) is -2.54. The lowest BCUT2D eigenvalue weighted by Crippen LogP contribution is -2.49. The molecule has 2 aromatic heterocycles. The highest BCUT2D eigenvalue weighted by Gasteiger charge is 2.34. The number of alkyl halides is 3. The Morgan fingerprint density at radius 3 is 2.44 bits per heavy atom. The Kier molecular flexibility index (Phi) is 6.00. The van der Waals surface area contributed by atoms with Gasteiger partial charge in [0.2, 0.25) is 10.0 Å². The number of fused-ring (bicyclic) bond motifs is 1. The number of piperazine rings is 1. The van der Waals surface area contributed by atoms with E-state index in [0.717, 1.165) is 12.1 Å². The number of ether oxygens (including phenoxy) is 1. The van der Waals surface area contributed by atoms with E-state index in [2.05, 4.69) is 20.3 Å². The molecule has 3 heterocycles. The Hall–Kier alpha value is -3.78. The average molecular weight is 520 g/mol. The minimum atomic E-state index is -4.63. The molecule has 0 saturated carbocycles. The summed E-state index contributed by atoms with van der Waals surface area (Å²) < 4.78 is 73.2. The first kappa shape index (κ1) is 23.9. The number of nitrogens with zero attached hydrogens (tertiary/aromatic N) is 7. The molecular weight excluding hydrogens is 499 g/mol. The van der Waals surface area contributed by atoms with Crippen molar-refractivity contribution in [2.45, 2.75) is 11.1 Å². The molecule has 0 atom stereocenters. The zero-order valence-corrected chi connectivity index (χ0v) is 19.7. The number of aromatic nitrogens is 5. The molecule has 1 aliphatic heterocycles. The van der Waals surface area contributed by atoms with E-state index >= 15 is 0 Å². The van der Waals surface area contributed by atoms with E-state index in [1.54, 1.807) is 23.9 Å². The van der Waals surface area contributed by atoms with Crippen molar-refractivity contribution in [1.29, 1.82) is 0 Å². The molecule has 0 amide bonds. The number of sulfonamides is 1. The molecule has 10 nitrogen and oxygen atoms in total. The number of anilines is 1. The van der Waals surface area contributed by atoms with E-state index in [0.29, 0.717) is 34.5 Å². The van der Waals surface area contributed by atoms with Crippen LogP contribution in [0.15, 0.2) is 59.8 Å². The highest BCUT2D eigenvalue weighted by atomic mass is 32.2. The van der Waals surface area contributed by atoms with Gasteiger partial charge in [0, 0.05) is 32.2 Å². The summed E-state index contributed by atoms with van der Waals surface area (Å²) in [5.41, 5.74) is 0.588. The predicted octanol–water partition coefficient (Wildman–Crippen LogP) is 2.75. The van der Waals surface area contributed by atoms with Crippen molar-refractivity contribution in [2.75, 3.05) is 38.2 Å². The molecule has 1 aliphatic rings. The third-order valence-corrected chi connectivity index (χ3v) is 7.75. The second-order valence-corrected chi connectivity index (χ2v) is 9.93. The Morgan fingerprint density at radius 2 is 1.72 bits per heavy atom. The summed E-state index contributed by atoms with van der Waals surface area (Å²) in [4.78, 5) is 10.1. The highest BCUT2D eigenvalue weighted by molar-refractivity contribution is 7.89. The zero-order chi connectivity index (χ0) is 25.5. The molecule has 0 unspecified atom stereocenters. The lowest BCUT2D eigenvalue weighted by molar-refractivity contribution is -0.137. The standard InChI is InChI=1S/C22H20F3N7O3S/c1-35-17-6-3-5-16(13-17)32-21-19(28-29-32)20(26-14-27-21)30-8-10-31(11-9-30)36(33,34)18-7-2-4-15(12-18)22(23,24)25/h2-7,12-14H,8-11H2,1H3. The van der Waals surface area contributed by atoms with Crippen molar-refractivity contribution < 1.29 is 26.3 Å². The highest BCUT2D eigenvalue weighted by Crippen LogP contribution is 2.32. The molecule has 0 aliphatic carbocycles. The molecule has 36 heavy (non-hydrogen) atoms. The van der Waals surface area contributed by atoms with E-state index in [9.17, 15) is 21.6 Å². The quantitative estimate of drug-likeness (QED) is 0.396. The van der Waals surface area contributed by atoms with E-state index < -0.39 is 26.7 Å². The average Bonchev–Trinajstić information content (AvgIpc) is 3.33. The fraction of sp³-hybridized carbons (Fsp3) is 0.273. The van der Waals surface area contributed by atoms with E-state index in [-0.39, 0.29) is 26.2 Å². The summed E-state index contributed by atoms with van der Waals surface area (Å²) in [5.74, 6) is 1.13. The van der Waals surface area contributed by atoms with Gasteiger partial charge in [-0.1, -0.05) is 17.3 Å². The van der Waals surface area contributed by atoms with Crippen LogP contribution in [0.5, 0.6) is 5.75 Å². The summed E-state index contributed by atoms with van der Waals surface area (Å²) in [5, 5.41) is 8.44. The van der Waals surface area contributed by atoms with Crippen LogP contribution in [0, 0.1) is 0 Å². The van der Waals surface area contributed by atoms with Crippen LogP contribution in [0.2, 0.25) is 0 Å². The first-order chi connectivity index (χ1) is 17.2. The van der Waals surface area contributed by atoms with Gasteiger partial charge in [-0.25, -0.2) is 18.4 Å². The number of benzene rings is 2. The fourth-order valence-corrected chi connectivity index (χ4v) is 5.48. The lowest BCUT2D eigenvalue weighted by Gasteiger charge is -2.34. The van der Waals surface area contributed by atoms with Crippen LogP contribution in [0.25, 0.3) is 16.9 Å². The van der Waals surface area contributed by atoms with Gasteiger partial charge in [0.05, 0.1) is 23.3 Å². The van der Waals surface area contributed by atoms with Gasteiger partial charge >= 0.3 is 6.18 Å². The first-order valence-corrected chi connectivity index (χ1v) is 12.3. The Labute approximate surface area is 204 Å². The molecule has 4 aromatic rings. The van der Waals surface area contributed by atoms with E-state index in [4.69, 9.17) is 4.74 Å². The molecule has 188 valence electrons. The van der Waals surface area contributed by atoms with Crippen LogP contribution in [0.1, 0.15) is 5.56 Å². The lowest BCUT2D eigenvalue weighted by atomic mass is 10.2. The Bertz CT molecular complexity index is 1520. The largest absolute Gasteiger partial charge is 0.497 e. The zero-order valence-electron chi connectivity index (χ0n) is 18.9. The monoisotopic (exact) mass is 519 g/mol. The number of methoxy groups -OCH3 is 1. The van der Waals surface area contributed by atoms with Crippen molar-refractivity contribution >= 4 is 27.0 Å². The molecule has 1 saturated heterocycles. The molecule has 14 heteroatoms. The Morgan fingerprint density at radius 1 is 0.972 bits per heavy atom. The molecule has 1 fully saturated rings. The van der Waals surface area contributed by atoms with Crippen molar-refractivity contribution in [3.63, 3.8) is 0 Å². The number of hydrogen-bond donors (Lipinski definition) is 0. The molecule has 0 spiro atoms. The van der Waals surface area contributed by atoms with Crippen LogP contribution in [0.3, 0.4) is 0 Å². The van der Waals surface area contributed by atoms with Gasteiger partial charge in [-0.15, -0.1) is 5.10 Å². The minimum absolute atomic E-state index is 0.0636. The van der Waals surface area contributed by atoms with Gasteiger partial charge in [0.25, 0.3) is 0 Å². The van der Waals surface area contributed by atoms with Gasteiger partial charge in [-0.05, 0) is 30.3 Å². The molecule has 0 bridgehead atoms. The normalized spacial score (nSPS) is 15.4. The van der Waals surface area contributed by atoms with Crippen LogP contribution >= 0.6 is 0 Å². The van der Waals surface area contributed by atoms with Crippen molar-refractivity contribution in [3.05, 3.63) is 60.4 Å². The van der Waals surface area contributed by atoms with Gasteiger partial charge in [-0.3, -0.25) is 0 Å². The third kappa shape index (κ3) is 4.33. The minimum Gasteiger partial charge on any atom is -0.497 e. The smallest absolute Gasteiger partial charge is 0.416 e. The van der Waals surface area contributed by atoms with Gasteiger partial charge in [0.1, 0.15) is 12.1 Å². The predicted molar refractivity (Wildman–Crippen MR) is 123 cm³/mol. The molecule has 2 aromatic carbocycles. The molecule has 0 radical (unpaired) electrons. The summed E-state index contributed by atoms with van der Waals surface area (Å²) in [6.07, 6.45) is -3.26. The Balaban J connectivity index is 1.38. The van der Waals surface area contributed by atoms with Crippen molar-refractivity contribution in [1.82, 2.24) is 29.3 Å². The van der Waals surface area contributed by atoms with E-state index in [1.807, 2.05) is 17.0 Å². The van der Waals surface area contributed by atoms with Crippen molar-refractivity contribution in [2.24, 2.45) is 0 Å². The first-order valence-electron chi connectivity index (χ1n) is 10.8. The fourth-order valence-electron chi connectivity index (χ4n) is 4.01. The second-order valence-electron chi connectivity index (χ2n) is 7.99. The molecular formula is C22H20F3N7O3S. The summed E-state index contributed by atoms with van der Waals surface area (Å²) >= 11 is 0. The second kappa shape index (κ2) is 9.02. The van der Waals surface area contributed by atoms with Gasteiger partial charge in [-0.2, -0.15) is 22.2 Å². The van der Waals surface area contributed by atoms with Crippen LogP contribution < -0.4 is 9.64 Å². The summed E-state index contributed by atoms with van der Waals surface area (Å²) in [6, 6.07) is 11.0. The summed E-state index contributed by atoms with van der Waals surface area (Å²) in [6.45, 7) is 0.648. The van der Waals surface area contributed by atoms with Crippen LogP contribution in [-0.4, -0.2) is 71.0 Å². The van der Waals surface area contributed by atoms with E-state index in [1.165, 1.54) is 16.7 Å². The maximum absolute atomic E-state index is 13.1. The van der Waals surface area contributed by atoms with Gasteiger partial charge in [0.15, 0.2) is 17.0 Å².